The Kier molecular flexibility index (Phi) is 3.33. The van der Waals surface area contributed by atoms with Crippen molar-refractivity contribution in [1.29, 1.82) is 0 Å². The molecule has 1 saturated carbocycles. The number of carbonyl (C=O) groups excluding carboxylic acids is 1. The lowest BCUT2D eigenvalue weighted by atomic mass is 9.86. The maximum absolute atomic E-state index is 12.7. The van der Waals surface area contributed by atoms with Crippen molar-refractivity contribution >= 4 is 11.6 Å². The molecule has 0 saturated heterocycles. The Labute approximate surface area is 121 Å². The number of benzene rings is 1. The van der Waals surface area contributed by atoms with Crippen molar-refractivity contribution in [3.8, 4) is 0 Å². The molecule has 0 spiro atoms. The molecule has 1 aliphatic carbocycles. The SMILES string of the molecule is CC1(C)C(=O)N(CCC2CCCC2N)c2ccccc21. The van der Waals surface area contributed by atoms with Crippen molar-refractivity contribution < 1.29 is 4.79 Å². The second kappa shape index (κ2) is 4.88. The van der Waals surface area contributed by atoms with Crippen molar-refractivity contribution in [2.45, 2.75) is 51.0 Å². The third-order valence-electron chi connectivity index (χ3n) is 5.09. The average Bonchev–Trinajstić information content (AvgIpc) is 2.91. The van der Waals surface area contributed by atoms with Gasteiger partial charge in [-0.3, -0.25) is 4.79 Å². The number of para-hydroxylation sites is 1. The first kappa shape index (κ1) is 13.6. The highest BCUT2D eigenvalue weighted by molar-refractivity contribution is 6.07. The zero-order valence-corrected chi connectivity index (χ0v) is 12.4. The van der Waals surface area contributed by atoms with Crippen LogP contribution in [0.4, 0.5) is 5.69 Å². The van der Waals surface area contributed by atoms with Gasteiger partial charge in [0.15, 0.2) is 0 Å². The first-order valence-corrected chi connectivity index (χ1v) is 7.69. The maximum atomic E-state index is 12.7. The highest BCUT2D eigenvalue weighted by atomic mass is 16.2. The number of amides is 1. The normalized spacial score (nSPS) is 27.9. The third kappa shape index (κ3) is 2.05. The van der Waals surface area contributed by atoms with Gasteiger partial charge in [-0.25, -0.2) is 0 Å². The van der Waals surface area contributed by atoms with Crippen LogP contribution in [0.15, 0.2) is 24.3 Å². The molecule has 2 atom stereocenters. The lowest BCUT2D eigenvalue weighted by Gasteiger charge is -2.23. The molecular formula is C17H24N2O. The predicted octanol–water partition coefficient (Wildman–Crippen LogP) is 2.83. The summed E-state index contributed by atoms with van der Waals surface area (Å²) in [6.07, 6.45) is 4.62. The van der Waals surface area contributed by atoms with Gasteiger partial charge >= 0.3 is 0 Å². The van der Waals surface area contributed by atoms with E-state index < -0.39 is 5.41 Å². The van der Waals surface area contributed by atoms with E-state index in [0.29, 0.717) is 12.0 Å². The van der Waals surface area contributed by atoms with E-state index >= 15 is 0 Å². The minimum atomic E-state index is -0.394. The van der Waals surface area contributed by atoms with E-state index in [0.717, 1.165) is 30.6 Å². The number of nitrogens with zero attached hydrogens (tertiary/aromatic N) is 1. The van der Waals surface area contributed by atoms with Gasteiger partial charge in [0.05, 0.1) is 5.41 Å². The topological polar surface area (TPSA) is 46.3 Å². The molecule has 1 aromatic carbocycles. The quantitative estimate of drug-likeness (QED) is 0.919. The van der Waals surface area contributed by atoms with Crippen molar-refractivity contribution in [3.05, 3.63) is 29.8 Å². The van der Waals surface area contributed by atoms with Crippen LogP contribution < -0.4 is 10.6 Å². The Bertz CT molecular complexity index is 523. The molecule has 1 fully saturated rings. The number of carbonyl (C=O) groups is 1. The summed E-state index contributed by atoms with van der Waals surface area (Å²) in [4.78, 5) is 14.6. The molecule has 3 nitrogen and oxygen atoms in total. The van der Waals surface area contributed by atoms with Crippen LogP contribution in [0.25, 0.3) is 0 Å². The number of anilines is 1. The second-order valence-corrected chi connectivity index (χ2v) is 6.74. The van der Waals surface area contributed by atoms with Gasteiger partial charge in [0, 0.05) is 18.3 Å². The zero-order valence-electron chi connectivity index (χ0n) is 12.4. The fraction of sp³-hybridized carbons (Fsp3) is 0.588. The fourth-order valence-electron chi connectivity index (χ4n) is 3.74. The summed E-state index contributed by atoms with van der Waals surface area (Å²) in [5.41, 5.74) is 7.99. The van der Waals surface area contributed by atoms with Gasteiger partial charge in [0.25, 0.3) is 0 Å². The Balaban J connectivity index is 1.78. The van der Waals surface area contributed by atoms with Crippen LogP contribution in [0.5, 0.6) is 0 Å². The highest BCUT2D eigenvalue weighted by Gasteiger charge is 2.43. The molecule has 3 rings (SSSR count). The van der Waals surface area contributed by atoms with Gasteiger partial charge in [0.1, 0.15) is 0 Å². The summed E-state index contributed by atoms with van der Waals surface area (Å²) in [6.45, 7) is 4.85. The second-order valence-electron chi connectivity index (χ2n) is 6.74. The molecule has 2 aliphatic rings. The van der Waals surface area contributed by atoms with Gasteiger partial charge in [-0.05, 0) is 50.7 Å². The van der Waals surface area contributed by atoms with Crippen LogP contribution >= 0.6 is 0 Å². The van der Waals surface area contributed by atoms with Gasteiger partial charge in [-0.1, -0.05) is 24.6 Å². The Morgan fingerprint density at radius 2 is 2.05 bits per heavy atom. The van der Waals surface area contributed by atoms with E-state index in [1.165, 1.54) is 12.8 Å². The minimum Gasteiger partial charge on any atom is -0.327 e. The lowest BCUT2D eigenvalue weighted by Crippen LogP contribution is -2.38. The van der Waals surface area contributed by atoms with Gasteiger partial charge in [-0.2, -0.15) is 0 Å². The van der Waals surface area contributed by atoms with Gasteiger partial charge in [0.2, 0.25) is 5.91 Å². The maximum Gasteiger partial charge on any atom is 0.237 e. The number of hydrogen-bond acceptors (Lipinski definition) is 2. The molecule has 1 heterocycles. The van der Waals surface area contributed by atoms with Gasteiger partial charge < -0.3 is 10.6 Å². The largest absolute Gasteiger partial charge is 0.327 e. The molecule has 0 bridgehead atoms. The molecule has 108 valence electrons. The molecule has 0 aromatic heterocycles. The summed E-state index contributed by atoms with van der Waals surface area (Å²) >= 11 is 0. The summed E-state index contributed by atoms with van der Waals surface area (Å²) < 4.78 is 0. The zero-order chi connectivity index (χ0) is 14.3. The van der Waals surface area contributed by atoms with Crippen LogP contribution in [-0.2, 0) is 10.2 Å². The van der Waals surface area contributed by atoms with E-state index in [4.69, 9.17) is 5.73 Å². The molecular weight excluding hydrogens is 248 g/mol. The van der Waals surface area contributed by atoms with Crippen molar-refractivity contribution in [3.63, 3.8) is 0 Å². The number of hydrogen-bond donors (Lipinski definition) is 1. The smallest absolute Gasteiger partial charge is 0.237 e. The first-order chi connectivity index (χ1) is 9.51. The van der Waals surface area contributed by atoms with E-state index in [2.05, 4.69) is 12.1 Å². The van der Waals surface area contributed by atoms with Crippen molar-refractivity contribution in [2.24, 2.45) is 11.7 Å². The summed E-state index contributed by atoms with van der Waals surface area (Å²) in [6, 6.07) is 8.51. The third-order valence-corrected chi connectivity index (χ3v) is 5.09. The van der Waals surface area contributed by atoms with Crippen LogP contribution in [0, 0.1) is 5.92 Å². The summed E-state index contributed by atoms with van der Waals surface area (Å²) in [7, 11) is 0. The number of nitrogens with two attached hydrogens (primary N) is 1. The van der Waals surface area contributed by atoms with Crippen molar-refractivity contribution in [2.75, 3.05) is 11.4 Å². The molecule has 1 aliphatic heterocycles. The van der Waals surface area contributed by atoms with Gasteiger partial charge in [-0.15, -0.1) is 0 Å². The molecule has 1 aromatic rings. The Hall–Kier alpha value is -1.35. The van der Waals surface area contributed by atoms with E-state index in [-0.39, 0.29) is 5.91 Å². The lowest BCUT2D eigenvalue weighted by molar-refractivity contribution is -0.122. The van der Waals surface area contributed by atoms with Crippen LogP contribution in [0.1, 0.15) is 45.1 Å². The number of fused-ring (bicyclic) bond motifs is 1. The standard InChI is InChI=1S/C17H24N2O/c1-17(2)13-7-3-4-9-15(13)19(16(17)20)11-10-12-6-5-8-14(12)18/h3-4,7,9,12,14H,5-6,8,10-11,18H2,1-2H3. The molecule has 3 heteroatoms. The van der Waals surface area contributed by atoms with E-state index in [9.17, 15) is 4.79 Å². The first-order valence-electron chi connectivity index (χ1n) is 7.69. The molecule has 1 amide bonds. The minimum absolute atomic E-state index is 0.227. The van der Waals surface area contributed by atoms with Crippen molar-refractivity contribution in [1.82, 2.24) is 0 Å². The molecule has 2 unspecified atom stereocenters. The Morgan fingerprint density at radius 1 is 1.30 bits per heavy atom. The monoisotopic (exact) mass is 272 g/mol. The molecule has 2 N–H and O–H groups in total. The van der Waals surface area contributed by atoms with Crippen LogP contribution in [-0.4, -0.2) is 18.5 Å². The van der Waals surface area contributed by atoms with Crippen LogP contribution in [0.3, 0.4) is 0 Å². The van der Waals surface area contributed by atoms with Crippen LogP contribution in [0.2, 0.25) is 0 Å². The Morgan fingerprint density at radius 3 is 2.75 bits per heavy atom. The van der Waals surface area contributed by atoms with E-state index in [1.807, 2.05) is 30.9 Å². The molecule has 0 radical (unpaired) electrons. The summed E-state index contributed by atoms with van der Waals surface area (Å²) in [5, 5.41) is 0. The predicted molar refractivity (Wildman–Crippen MR) is 81.8 cm³/mol. The fourth-order valence-corrected chi connectivity index (χ4v) is 3.74. The highest BCUT2D eigenvalue weighted by Crippen LogP contribution is 2.41. The van der Waals surface area contributed by atoms with E-state index in [1.54, 1.807) is 0 Å². The number of rotatable bonds is 3. The molecule has 20 heavy (non-hydrogen) atoms. The summed E-state index contributed by atoms with van der Waals surface area (Å²) in [5.74, 6) is 0.809. The average molecular weight is 272 g/mol.